The van der Waals surface area contributed by atoms with Crippen LogP contribution in [0.15, 0.2) is 64.0 Å². The number of methoxy groups -OCH3 is 1. The summed E-state index contributed by atoms with van der Waals surface area (Å²) in [6.07, 6.45) is 0. The van der Waals surface area contributed by atoms with Crippen LogP contribution in [0, 0.1) is 0 Å². The number of rotatable bonds is 4. The van der Waals surface area contributed by atoms with Gasteiger partial charge in [0.15, 0.2) is 5.96 Å². The number of aliphatic imine (C=N–C) groups is 1. The second kappa shape index (κ2) is 7.87. The summed E-state index contributed by atoms with van der Waals surface area (Å²) in [5.41, 5.74) is 7.59. The fourth-order valence-electron chi connectivity index (χ4n) is 2.14. The molecule has 0 saturated carbocycles. The van der Waals surface area contributed by atoms with Gasteiger partial charge < -0.3 is 20.2 Å². The fraction of sp³-hybridized carbons (Fsp3) is 0.118. The van der Waals surface area contributed by atoms with Crippen LogP contribution in [0.5, 0.6) is 5.75 Å². The van der Waals surface area contributed by atoms with E-state index in [2.05, 4.69) is 10.3 Å². The second-order valence-electron chi connectivity index (χ2n) is 4.81. The van der Waals surface area contributed by atoms with Gasteiger partial charge in [0, 0.05) is 11.1 Å². The number of anilines is 1. The molecule has 0 atom stereocenters. The number of nitrogens with one attached hydrogen (secondary N) is 1. The minimum absolute atomic E-state index is 0. The molecule has 5 nitrogen and oxygen atoms in total. The molecule has 120 valence electrons. The van der Waals surface area contributed by atoms with Crippen LogP contribution in [-0.2, 0) is 6.54 Å². The Labute approximate surface area is 151 Å². The van der Waals surface area contributed by atoms with Gasteiger partial charge in [0.05, 0.1) is 7.11 Å². The highest BCUT2D eigenvalue weighted by atomic mass is 127. The number of benzene rings is 2. The highest BCUT2D eigenvalue weighted by Crippen LogP contribution is 2.19. The molecule has 6 heteroatoms. The summed E-state index contributed by atoms with van der Waals surface area (Å²) >= 11 is 0. The number of halogens is 1. The molecular formula is C17H18IN3O2. The summed E-state index contributed by atoms with van der Waals surface area (Å²) < 4.78 is 10.8. The van der Waals surface area contributed by atoms with E-state index in [4.69, 9.17) is 14.9 Å². The van der Waals surface area contributed by atoms with Crippen molar-refractivity contribution in [3.63, 3.8) is 0 Å². The first kappa shape index (κ1) is 17.1. The lowest BCUT2D eigenvalue weighted by Gasteiger charge is -2.06. The van der Waals surface area contributed by atoms with Crippen LogP contribution < -0.4 is 15.8 Å². The van der Waals surface area contributed by atoms with Gasteiger partial charge in [0.1, 0.15) is 23.6 Å². The summed E-state index contributed by atoms with van der Waals surface area (Å²) in [7, 11) is 1.63. The number of furan rings is 1. The van der Waals surface area contributed by atoms with Crippen LogP contribution in [0.3, 0.4) is 0 Å². The maximum Gasteiger partial charge on any atom is 0.193 e. The Bertz CT molecular complexity index is 764. The monoisotopic (exact) mass is 423 g/mol. The van der Waals surface area contributed by atoms with E-state index in [1.165, 1.54) is 0 Å². The molecule has 0 radical (unpaired) electrons. The molecular weight excluding hydrogens is 405 g/mol. The number of ether oxygens (including phenoxy) is 1. The van der Waals surface area contributed by atoms with Crippen molar-refractivity contribution in [2.24, 2.45) is 10.7 Å². The maximum absolute atomic E-state index is 5.88. The molecule has 23 heavy (non-hydrogen) atoms. The van der Waals surface area contributed by atoms with Crippen molar-refractivity contribution in [3.05, 3.63) is 60.4 Å². The fourth-order valence-corrected chi connectivity index (χ4v) is 2.14. The number of guanidine groups is 1. The van der Waals surface area contributed by atoms with Crippen molar-refractivity contribution >= 4 is 46.6 Å². The van der Waals surface area contributed by atoms with E-state index >= 15 is 0 Å². The molecule has 0 aliphatic carbocycles. The third kappa shape index (κ3) is 4.38. The first-order valence-corrected chi connectivity index (χ1v) is 6.93. The zero-order valence-electron chi connectivity index (χ0n) is 12.7. The Morgan fingerprint density at radius 1 is 1.17 bits per heavy atom. The highest BCUT2D eigenvalue weighted by molar-refractivity contribution is 14.0. The first-order valence-electron chi connectivity index (χ1n) is 6.93. The van der Waals surface area contributed by atoms with Gasteiger partial charge in [-0.2, -0.15) is 0 Å². The average molecular weight is 423 g/mol. The van der Waals surface area contributed by atoms with Crippen LogP contribution in [0.25, 0.3) is 11.0 Å². The SMILES string of the molecule is COc1ccc(NC(N)=NCc2cc3ccccc3o2)cc1.I. The molecule has 0 amide bonds. The number of para-hydroxylation sites is 1. The van der Waals surface area contributed by atoms with Crippen molar-refractivity contribution in [3.8, 4) is 5.75 Å². The van der Waals surface area contributed by atoms with Gasteiger partial charge in [-0.25, -0.2) is 4.99 Å². The van der Waals surface area contributed by atoms with Crippen LogP contribution in [-0.4, -0.2) is 13.1 Å². The Hall–Kier alpha value is -2.22. The number of hydrogen-bond acceptors (Lipinski definition) is 3. The quantitative estimate of drug-likeness (QED) is 0.378. The van der Waals surface area contributed by atoms with Gasteiger partial charge in [0.2, 0.25) is 0 Å². The maximum atomic E-state index is 5.88. The van der Waals surface area contributed by atoms with Crippen LogP contribution >= 0.6 is 24.0 Å². The molecule has 0 fully saturated rings. The van der Waals surface area contributed by atoms with E-state index in [9.17, 15) is 0 Å². The third-order valence-electron chi connectivity index (χ3n) is 3.24. The predicted molar refractivity (Wildman–Crippen MR) is 104 cm³/mol. The third-order valence-corrected chi connectivity index (χ3v) is 3.24. The molecule has 0 bridgehead atoms. The van der Waals surface area contributed by atoms with Crippen LogP contribution in [0.4, 0.5) is 5.69 Å². The highest BCUT2D eigenvalue weighted by Gasteiger charge is 2.02. The summed E-state index contributed by atoms with van der Waals surface area (Å²) in [5, 5.41) is 4.09. The Kier molecular flexibility index (Phi) is 5.86. The molecule has 0 aliphatic heterocycles. The first-order chi connectivity index (χ1) is 10.7. The number of fused-ring (bicyclic) bond motifs is 1. The topological polar surface area (TPSA) is 72.8 Å². The molecule has 3 rings (SSSR count). The van der Waals surface area contributed by atoms with E-state index in [0.29, 0.717) is 12.5 Å². The van der Waals surface area contributed by atoms with E-state index in [-0.39, 0.29) is 24.0 Å². The van der Waals surface area contributed by atoms with E-state index in [1.807, 2.05) is 54.6 Å². The summed E-state index contributed by atoms with van der Waals surface area (Å²) in [6.45, 7) is 0.393. The van der Waals surface area contributed by atoms with E-state index < -0.39 is 0 Å². The predicted octanol–water partition coefficient (Wildman–Crippen LogP) is 3.99. The van der Waals surface area contributed by atoms with Crippen LogP contribution in [0.1, 0.15) is 5.76 Å². The molecule has 0 spiro atoms. The summed E-state index contributed by atoms with van der Waals surface area (Å²) in [5.74, 6) is 1.91. The minimum atomic E-state index is 0. The van der Waals surface area contributed by atoms with Gasteiger partial charge in [0.25, 0.3) is 0 Å². The molecule has 0 aliphatic rings. The molecule has 0 saturated heterocycles. The van der Waals surface area contributed by atoms with Gasteiger partial charge in [-0.15, -0.1) is 24.0 Å². The second-order valence-corrected chi connectivity index (χ2v) is 4.81. The largest absolute Gasteiger partial charge is 0.497 e. The Morgan fingerprint density at radius 2 is 1.91 bits per heavy atom. The normalized spacial score (nSPS) is 11.1. The molecule has 1 heterocycles. The van der Waals surface area contributed by atoms with E-state index in [1.54, 1.807) is 7.11 Å². The summed E-state index contributed by atoms with van der Waals surface area (Å²) in [4.78, 5) is 4.29. The lowest BCUT2D eigenvalue weighted by molar-refractivity contribution is 0.415. The number of nitrogens with zero attached hydrogens (tertiary/aromatic N) is 1. The minimum Gasteiger partial charge on any atom is -0.497 e. The molecule has 2 aromatic carbocycles. The van der Waals surface area contributed by atoms with Crippen LogP contribution in [0.2, 0.25) is 0 Å². The lowest BCUT2D eigenvalue weighted by atomic mass is 10.2. The van der Waals surface area contributed by atoms with E-state index in [0.717, 1.165) is 28.2 Å². The standard InChI is InChI=1S/C17H17N3O2.HI/c1-21-14-8-6-13(7-9-14)20-17(18)19-11-15-10-12-4-2-3-5-16(12)22-15;/h2-10H,11H2,1H3,(H3,18,19,20);1H. The number of hydrogen-bond donors (Lipinski definition) is 2. The molecule has 0 unspecified atom stereocenters. The zero-order chi connectivity index (χ0) is 15.4. The summed E-state index contributed by atoms with van der Waals surface area (Å²) in [6, 6.07) is 17.3. The van der Waals surface area contributed by atoms with Crippen molar-refractivity contribution in [2.45, 2.75) is 6.54 Å². The zero-order valence-corrected chi connectivity index (χ0v) is 15.0. The van der Waals surface area contributed by atoms with Gasteiger partial charge >= 0.3 is 0 Å². The Balaban J connectivity index is 0.00000192. The van der Waals surface area contributed by atoms with Gasteiger partial charge in [-0.1, -0.05) is 18.2 Å². The van der Waals surface area contributed by atoms with Gasteiger partial charge in [-0.05, 0) is 36.4 Å². The molecule has 3 aromatic rings. The van der Waals surface area contributed by atoms with Crippen molar-refractivity contribution in [1.82, 2.24) is 0 Å². The van der Waals surface area contributed by atoms with Crippen molar-refractivity contribution < 1.29 is 9.15 Å². The Morgan fingerprint density at radius 3 is 2.61 bits per heavy atom. The molecule has 1 aromatic heterocycles. The molecule has 3 N–H and O–H groups in total. The number of nitrogens with two attached hydrogens (primary N) is 1. The average Bonchev–Trinajstić information content (AvgIpc) is 2.96. The van der Waals surface area contributed by atoms with Gasteiger partial charge in [-0.3, -0.25) is 0 Å². The van der Waals surface area contributed by atoms with Crippen molar-refractivity contribution in [1.29, 1.82) is 0 Å². The lowest BCUT2D eigenvalue weighted by Crippen LogP contribution is -2.22. The van der Waals surface area contributed by atoms with Crippen molar-refractivity contribution in [2.75, 3.05) is 12.4 Å². The smallest absolute Gasteiger partial charge is 0.193 e.